The van der Waals surface area contributed by atoms with E-state index in [4.69, 9.17) is 11.6 Å². The summed E-state index contributed by atoms with van der Waals surface area (Å²) in [5.41, 5.74) is 22.1. The van der Waals surface area contributed by atoms with Crippen LogP contribution in [-0.4, -0.2) is 344 Å². The van der Waals surface area contributed by atoms with Gasteiger partial charge in [-0.2, -0.15) is 0 Å². The SMILES string of the molecule is Cc1ccc(N2CCN(CC(O)CN3CCc4ccccc4C3)C(=O)C2)cc1.Cc1ccccc1N1CCN(CC(O)CN2CCc3ccccc3C2)C(=O)C1.O=C1CN(c2cccc(N3CCCCC3)c2)CCN1CC(O)CN1CCc2ccccc2C1.O=C1CN(c2ccccc2Cl)CCN1CC(O)CN1CCc2ccccc2C1.O=C1CN(c2ccccc2F)CCN1CC(O)CN1CCc2ccccc2C1. The zero-order valence-electron chi connectivity index (χ0n) is 84.5. The lowest BCUT2D eigenvalue weighted by Crippen LogP contribution is -2.53. The Morgan fingerprint density at radius 1 is 0.248 bits per heavy atom. The van der Waals surface area contributed by atoms with E-state index in [9.17, 15) is 53.9 Å². The van der Waals surface area contributed by atoms with E-state index < -0.39 is 30.5 Å². The Kier molecular flexibility index (Phi) is 36.8. The van der Waals surface area contributed by atoms with Gasteiger partial charge in [0.15, 0.2) is 0 Å². The van der Waals surface area contributed by atoms with Crippen LogP contribution in [0.5, 0.6) is 0 Å². The van der Waals surface area contributed by atoms with E-state index in [0.29, 0.717) is 142 Å². The predicted octanol–water partition coefficient (Wildman–Crippen LogP) is 11.2. The Morgan fingerprint density at radius 2 is 0.524 bits per heavy atom. The first-order chi connectivity index (χ1) is 70.5. The summed E-state index contributed by atoms with van der Waals surface area (Å²) in [6.07, 6.45) is 6.24. The highest BCUT2D eigenvalue weighted by Gasteiger charge is 2.36. The number of aliphatic hydroxyl groups excluding tert-OH is 5. The van der Waals surface area contributed by atoms with E-state index in [-0.39, 0.29) is 41.9 Å². The van der Waals surface area contributed by atoms with Crippen molar-refractivity contribution in [2.45, 2.75) is 128 Å². The summed E-state index contributed by atoms with van der Waals surface area (Å²) >= 11 is 6.26. The van der Waals surface area contributed by atoms with Gasteiger partial charge in [-0.1, -0.05) is 199 Å². The molecule has 6 fully saturated rings. The van der Waals surface area contributed by atoms with Crippen LogP contribution < -0.4 is 29.4 Å². The Morgan fingerprint density at radius 3 is 0.862 bits per heavy atom. The highest BCUT2D eigenvalue weighted by Crippen LogP contribution is 2.33. The van der Waals surface area contributed by atoms with Gasteiger partial charge in [0.05, 0.1) is 79.6 Å². The Hall–Kier alpha value is -11.8. The molecule has 6 saturated heterocycles. The number of benzene rings is 10. The first-order valence-corrected chi connectivity index (χ1v) is 52.9. The number of rotatable bonds is 26. The number of amides is 5. The van der Waals surface area contributed by atoms with Crippen molar-refractivity contribution in [3.63, 3.8) is 0 Å². The standard InChI is InChI=1S/C27H36N4O2.2C23H29N3O2.C22H26ClN3O2.C22H26FN3O2/c32-26(19-28-14-11-22-7-2-3-8-23(22)18-28)20-31-16-15-30(21-27(31)33)25-10-6-9-24(17-25)29-12-4-1-5-13-29;1-18-6-2-5-9-22(18)25-12-13-26(23(28)17-25)16-21(27)15-24-11-10-19-7-3-4-8-20(19)14-24;1-18-6-8-21(9-7-18)25-12-13-26(23(28)17-25)16-22(27)15-24-11-10-19-4-2-3-5-20(19)14-24;2*23-20-7-3-4-8-21(20)25-11-12-26(22(28)16-25)15-19(27)14-24-10-9-17-5-1-2-6-18(17)13-24/h2-3,6-10,17,26,32H,1,4-5,11-16,18-21H2;2-9,21,27H,10-17H2,1H3;2-9,22,27H,10-17H2,1H3;2*1-8,19,27H,9-16H2. The van der Waals surface area contributed by atoms with E-state index in [1.165, 1.54) is 97.8 Å². The van der Waals surface area contributed by atoms with Crippen LogP contribution in [0.4, 0.5) is 38.5 Å². The third-order valence-electron chi connectivity index (χ3n) is 30.3. The molecule has 28 heteroatoms. The van der Waals surface area contributed by atoms with Crippen LogP contribution in [0.2, 0.25) is 5.02 Å². The summed E-state index contributed by atoms with van der Waals surface area (Å²) < 4.78 is 14.0. The number of piperazine rings is 5. The van der Waals surface area contributed by atoms with Gasteiger partial charge in [-0.05, 0) is 187 Å². The lowest BCUT2D eigenvalue weighted by molar-refractivity contribution is -0.133. The summed E-state index contributed by atoms with van der Waals surface area (Å²) in [7, 11) is 0. The number of para-hydroxylation sites is 3. The maximum atomic E-state index is 14.0. The van der Waals surface area contributed by atoms with Crippen molar-refractivity contribution in [3.8, 4) is 0 Å². The molecule has 11 aliphatic rings. The molecule has 0 aliphatic carbocycles. The molecule has 0 aromatic heterocycles. The van der Waals surface area contributed by atoms with Crippen molar-refractivity contribution in [1.82, 2.24) is 49.0 Å². The number of aliphatic hydroxyl groups is 5. The van der Waals surface area contributed by atoms with Crippen LogP contribution in [0.3, 0.4) is 0 Å². The van der Waals surface area contributed by atoms with Crippen LogP contribution in [-0.2, 0) is 88.8 Å². The molecule has 0 saturated carbocycles. The number of piperidine rings is 1. The molecule has 5 unspecified atom stereocenters. The summed E-state index contributed by atoms with van der Waals surface area (Å²) in [4.78, 5) is 96.3. The molecule has 768 valence electrons. The summed E-state index contributed by atoms with van der Waals surface area (Å²) in [5.74, 6) is -0.0546. The highest BCUT2D eigenvalue weighted by molar-refractivity contribution is 6.33. The van der Waals surface area contributed by atoms with Gasteiger partial charge in [0, 0.05) is 232 Å². The Balaban J connectivity index is 0.000000124. The average molecular weight is 1990 g/mol. The van der Waals surface area contributed by atoms with Gasteiger partial charge in [-0.3, -0.25) is 48.5 Å². The predicted molar refractivity (Wildman–Crippen MR) is 574 cm³/mol. The fourth-order valence-corrected chi connectivity index (χ4v) is 22.6. The van der Waals surface area contributed by atoms with Crippen LogP contribution in [0.15, 0.2) is 243 Å². The Labute approximate surface area is 860 Å². The molecular formula is C117H146ClFN16O10. The number of β-amino-alcohol motifs (C(OH)–C–C–N with tert-alkyl or cyclic N) is 5. The normalized spacial score (nSPS) is 19.3. The zero-order chi connectivity index (χ0) is 101. The topological polar surface area (TPSA) is 238 Å². The molecule has 5 amide bonds. The van der Waals surface area contributed by atoms with Crippen molar-refractivity contribution < 1.29 is 53.9 Å². The number of hydrogen-bond donors (Lipinski definition) is 5. The van der Waals surface area contributed by atoms with Crippen LogP contribution in [0.25, 0.3) is 0 Å². The number of halogens is 2. The molecule has 145 heavy (non-hydrogen) atoms. The molecule has 0 radical (unpaired) electrons. The van der Waals surface area contributed by atoms with Gasteiger partial charge in [0.25, 0.3) is 0 Å². The lowest BCUT2D eigenvalue weighted by Gasteiger charge is -2.38. The van der Waals surface area contributed by atoms with Crippen LogP contribution in [0, 0.1) is 19.7 Å². The van der Waals surface area contributed by atoms with Gasteiger partial charge in [0.2, 0.25) is 29.5 Å². The van der Waals surface area contributed by atoms with Crippen LogP contribution in [0.1, 0.15) is 86.0 Å². The highest BCUT2D eigenvalue weighted by atomic mass is 35.5. The first kappa shape index (κ1) is 105. The molecule has 0 bridgehead atoms. The van der Waals surface area contributed by atoms with Gasteiger partial charge < -0.3 is 79.4 Å². The zero-order valence-corrected chi connectivity index (χ0v) is 85.2. The van der Waals surface area contributed by atoms with Gasteiger partial charge >= 0.3 is 0 Å². The largest absolute Gasteiger partial charge is 0.390 e. The molecule has 26 nitrogen and oxygen atoms in total. The minimum absolute atomic E-state index is 0.0363. The first-order valence-electron chi connectivity index (χ1n) is 52.5. The van der Waals surface area contributed by atoms with Gasteiger partial charge in [-0.15, -0.1) is 0 Å². The molecule has 0 spiro atoms. The smallest absolute Gasteiger partial charge is 0.242 e. The number of fused-ring (bicyclic) bond motifs is 5. The number of carbonyl (C=O) groups excluding carboxylic acids is 5. The van der Waals surface area contributed by atoms with E-state index in [1.807, 2.05) is 62.1 Å². The molecule has 21 rings (SSSR count). The maximum absolute atomic E-state index is 14.0. The molecule has 10 aromatic carbocycles. The van der Waals surface area contributed by atoms with Gasteiger partial charge in [-0.25, -0.2) is 4.39 Å². The third-order valence-corrected chi connectivity index (χ3v) is 30.6. The Bertz CT molecular complexity index is 5630. The van der Waals surface area contributed by atoms with Crippen molar-refractivity contribution in [2.75, 3.05) is 239 Å². The molecule has 11 heterocycles. The van der Waals surface area contributed by atoms with E-state index in [0.717, 1.165) is 160 Å². The summed E-state index contributed by atoms with van der Waals surface area (Å²) in [6, 6.07) is 81.7. The molecule has 5 atom stereocenters. The number of carbonyl (C=O) groups is 5. The fourth-order valence-electron chi connectivity index (χ4n) is 22.3. The molecule has 11 aliphatic heterocycles. The second-order valence-electron chi connectivity index (χ2n) is 40.9. The molecular weight excluding hydrogens is 1840 g/mol. The van der Waals surface area contributed by atoms with Crippen molar-refractivity contribution >= 4 is 75.3 Å². The molecule has 10 aromatic rings. The van der Waals surface area contributed by atoms with Crippen LogP contribution >= 0.6 is 11.6 Å². The fraction of sp³-hybridized carbons (Fsp3) is 0.444. The van der Waals surface area contributed by atoms with Crippen molar-refractivity contribution in [1.29, 1.82) is 0 Å². The number of nitrogens with zero attached hydrogens (tertiary/aromatic N) is 16. The minimum Gasteiger partial charge on any atom is -0.390 e. The summed E-state index contributed by atoms with van der Waals surface area (Å²) in [5, 5.41) is 53.7. The minimum atomic E-state index is -0.589. The second-order valence-corrected chi connectivity index (χ2v) is 41.3. The lowest BCUT2D eigenvalue weighted by atomic mass is 10.00. The quantitative estimate of drug-likeness (QED) is 0.0339. The summed E-state index contributed by atoms with van der Waals surface area (Å²) in [6.45, 7) is 28.8. The second kappa shape index (κ2) is 51.0. The van der Waals surface area contributed by atoms with Crippen molar-refractivity contribution in [2.24, 2.45) is 0 Å². The average Bonchev–Trinajstić information content (AvgIpc) is 0.826. The number of aryl methyl sites for hydroxylation is 2. The number of hydrogen-bond acceptors (Lipinski definition) is 21. The van der Waals surface area contributed by atoms with E-state index in [2.05, 4.69) is 234 Å². The van der Waals surface area contributed by atoms with E-state index in [1.54, 1.807) is 32.9 Å². The maximum Gasteiger partial charge on any atom is 0.242 e. The number of anilines is 6. The third kappa shape index (κ3) is 28.9. The molecule has 5 N–H and O–H groups in total. The van der Waals surface area contributed by atoms with Gasteiger partial charge in [0.1, 0.15) is 5.82 Å². The van der Waals surface area contributed by atoms with E-state index >= 15 is 0 Å². The monoisotopic (exact) mass is 1990 g/mol. The van der Waals surface area contributed by atoms with Crippen molar-refractivity contribution in [3.05, 3.63) is 320 Å².